The second-order valence-electron chi connectivity index (χ2n) is 5.81. The van der Waals surface area contributed by atoms with Crippen LogP contribution in [0.3, 0.4) is 0 Å². The van der Waals surface area contributed by atoms with Gasteiger partial charge in [-0.25, -0.2) is 0 Å². The third kappa shape index (κ3) is 3.48. The van der Waals surface area contributed by atoms with Crippen LogP contribution in [0.15, 0.2) is 12.3 Å². The van der Waals surface area contributed by atoms with Crippen molar-refractivity contribution in [3.05, 3.63) is 34.9 Å². The molecule has 20 heavy (non-hydrogen) atoms. The van der Waals surface area contributed by atoms with Crippen LogP contribution in [0.25, 0.3) is 0 Å². The third-order valence-corrected chi connectivity index (χ3v) is 3.47. The largest absolute Gasteiger partial charge is 0.312 e. The first-order chi connectivity index (χ1) is 9.47. The van der Waals surface area contributed by atoms with Crippen LogP contribution in [0, 0.1) is 19.8 Å². The average molecular weight is 275 g/mol. The summed E-state index contributed by atoms with van der Waals surface area (Å²) in [7, 11) is 1.94. The topological polar surface area (TPSA) is 47.7 Å². The lowest BCUT2D eigenvalue weighted by molar-refractivity contribution is 0.550. The second-order valence-corrected chi connectivity index (χ2v) is 5.81. The smallest absolute Gasteiger partial charge is 0.0853 e. The lowest BCUT2D eigenvalue weighted by atomic mass is 10.2. The molecule has 5 nitrogen and oxygen atoms in total. The normalized spacial score (nSPS) is 11.5. The highest BCUT2D eigenvalue weighted by molar-refractivity contribution is 5.25. The zero-order valence-corrected chi connectivity index (χ0v) is 13.1. The van der Waals surface area contributed by atoms with E-state index in [1.807, 2.05) is 28.7 Å². The highest BCUT2D eigenvalue weighted by Crippen LogP contribution is 2.14. The van der Waals surface area contributed by atoms with E-state index < -0.39 is 0 Å². The Balaban J connectivity index is 2.08. The molecule has 0 aliphatic carbocycles. The van der Waals surface area contributed by atoms with Crippen LogP contribution in [0.5, 0.6) is 0 Å². The monoisotopic (exact) mass is 275 g/mol. The highest BCUT2D eigenvalue weighted by atomic mass is 15.3. The zero-order chi connectivity index (χ0) is 14.7. The molecular weight excluding hydrogens is 250 g/mol. The minimum atomic E-state index is 0.666. The molecular formula is C15H25N5. The van der Waals surface area contributed by atoms with Crippen LogP contribution in [-0.4, -0.2) is 26.1 Å². The minimum absolute atomic E-state index is 0.666. The fourth-order valence-electron chi connectivity index (χ4n) is 2.33. The first-order valence-electron chi connectivity index (χ1n) is 7.19. The number of rotatable bonds is 6. The summed E-state index contributed by atoms with van der Waals surface area (Å²) >= 11 is 0. The van der Waals surface area contributed by atoms with Crippen molar-refractivity contribution in [1.82, 2.24) is 24.9 Å². The van der Waals surface area contributed by atoms with E-state index in [0.29, 0.717) is 5.92 Å². The van der Waals surface area contributed by atoms with Gasteiger partial charge in [-0.2, -0.15) is 10.2 Å². The van der Waals surface area contributed by atoms with Crippen molar-refractivity contribution in [2.24, 2.45) is 13.0 Å². The van der Waals surface area contributed by atoms with E-state index in [9.17, 15) is 0 Å². The van der Waals surface area contributed by atoms with Gasteiger partial charge in [-0.1, -0.05) is 13.8 Å². The fraction of sp³-hybridized carbons (Fsp3) is 0.600. The molecule has 0 saturated carbocycles. The summed E-state index contributed by atoms with van der Waals surface area (Å²) in [5.41, 5.74) is 4.68. The van der Waals surface area contributed by atoms with Crippen molar-refractivity contribution in [3.8, 4) is 0 Å². The van der Waals surface area contributed by atoms with Crippen molar-refractivity contribution in [1.29, 1.82) is 0 Å². The summed E-state index contributed by atoms with van der Waals surface area (Å²) in [5, 5.41) is 12.5. The molecule has 0 bridgehead atoms. The van der Waals surface area contributed by atoms with Crippen molar-refractivity contribution in [2.75, 3.05) is 6.54 Å². The Labute approximate surface area is 121 Å². The van der Waals surface area contributed by atoms with E-state index in [0.717, 1.165) is 31.0 Å². The molecule has 0 atom stereocenters. The van der Waals surface area contributed by atoms with Gasteiger partial charge in [-0.3, -0.25) is 9.36 Å². The van der Waals surface area contributed by atoms with E-state index in [2.05, 4.69) is 43.2 Å². The van der Waals surface area contributed by atoms with Gasteiger partial charge in [-0.15, -0.1) is 0 Å². The Morgan fingerprint density at radius 1 is 1.25 bits per heavy atom. The Hall–Kier alpha value is -1.62. The Morgan fingerprint density at radius 3 is 2.60 bits per heavy atom. The van der Waals surface area contributed by atoms with Crippen molar-refractivity contribution < 1.29 is 0 Å². The molecule has 0 aliphatic heterocycles. The van der Waals surface area contributed by atoms with E-state index in [-0.39, 0.29) is 0 Å². The molecule has 0 unspecified atom stereocenters. The number of nitrogens with zero attached hydrogens (tertiary/aromatic N) is 4. The molecule has 1 N–H and O–H groups in total. The van der Waals surface area contributed by atoms with Gasteiger partial charge < -0.3 is 5.32 Å². The molecule has 0 aromatic carbocycles. The van der Waals surface area contributed by atoms with Crippen LogP contribution < -0.4 is 5.32 Å². The van der Waals surface area contributed by atoms with Crippen molar-refractivity contribution in [2.45, 2.75) is 40.8 Å². The Morgan fingerprint density at radius 2 is 2.00 bits per heavy atom. The molecule has 2 rings (SSSR count). The maximum atomic E-state index is 4.64. The predicted octanol–water partition coefficient (Wildman–Crippen LogP) is 2.03. The molecule has 0 amide bonds. The first kappa shape index (κ1) is 14.8. The minimum Gasteiger partial charge on any atom is -0.312 e. The van der Waals surface area contributed by atoms with Crippen LogP contribution in [-0.2, 0) is 20.1 Å². The van der Waals surface area contributed by atoms with E-state index >= 15 is 0 Å². The van der Waals surface area contributed by atoms with E-state index in [1.54, 1.807) is 0 Å². The van der Waals surface area contributed by atoms with Gasteiger partial charge in [0.05, 0.1) is 17.9 Å². The van der Waals surface area contributed by atoms with Crippen molar-refractivity contribution >= 4 is 0 Å². The Bertz CT molecular complexity index is 565. The molecule has 5 heteroatoms. The number of aryl methyl sites for hydroxylation is 2. The number of hydrogen-bond donors (Lipinski definition) is 1. The summed E-state index contributed by atoms with van der Waals surface area (Å²) in [6.45, 7) is 11.3. The Kier molecular flexibility index (Phi) is 4.60. The molecule has 2 heterocycles. The molecule has 0 spiro atoms. The molecule has 0 aliphatic rings. The summed E-state index contributed by atoms with van der Waals surface area (Å²) in [6, 6.07) is 2.03. The third-order valence-electron chi connectivity index (χ3n) is 3.47. The molecule has 0 fully saturated rings. The lowest BCUT2D eigenvalue weighted by Gasteiger charge is -2.08. The van der Waals surface area contributed by atoms with Crippen LogP contribution >= 0.6 is 0 Å². The van der Waals surface area contributed by atoms with Crippen LogP contribution in [0.4, 0.5) is 0 Å². The number of nitrogens with one attached hydrogen (secondary N) is 1. The molecule has 0 radical (unpaired) electrons. The van der Waals surface area contributed by atoms with E-state index in [1.165, 1.54) is 11.3 Å². The maximum absolute atomic E-state index is 4.64. The SMILES string of the molecule is Cc1nn(Cc2ccn(C)n2)c(C)c1CNCC(C)C. The molecule has 2 aromatic heterocycles. The molecule has 2 aromatic rings. The number of hydrogen-bond acceptors (Lipinski definition) is 3. The maximum Gasteiger partial charge on any atom is 0.0853 e. The van der Waals surface area contributed by atoms with Gasteiger partial charge in [0.25, 0.3) is 0 Å². The predicted molar refractivity (Wildman–Crippen MR) is 80.6 cm³/mol. The van der Waals surface area contributed by atoms with Crippen LogP contribution in [0.1, 0.15) is 36.5 Å². The summed E-state index contributed by atoms with van der Waals surface area (Å²) in [4.78, 5) is 0. The first-order valence-corrected chi connectivity index (χ1v) is 7.19. The quantitative estimate of drug-likeness (QED) is 0.877. The van der Waals surface area contributed by atoms with E-state index in [4.69, 9.17) is 0 Å². The summed E-state index contributed by atoms with van der Waals surface area (Å²) in [6.07, 6.45) is 1.96. The molecule has 110 valence electrons. The lowest BCUT2D eigenvalue weighted by Crippen LogP contribution is -2.19. The van der Waals surface area contributed by atoms with Gasteiger partial charge in [0.1, 0.15) is 0 Å². The van der Waals surface area contributed by atoms with Gasteiger partial charge in [0.15, 0.2) is 0 Å². The second kappa shape index (κ2) is 6.22. The molecule has 0 saturated heterocycles. The van der Waals surface area contributed by atoms with Crippen LogP contribution in [0.2, 0.25) is 0 Å². The fourth-order valence-corrected chi connectivity index (χ4v) is 2.33. The van der Waals surface area contributed by atoms with Gasteiger partial charge in [-0.05, 0) is 32.4 Å². The van der Waals surface area contributed by atoms with Gasteiger partial charge in [0, 0.05) is 31.0 Å². The van der Waals surface area contributed by atoms with Crippen molar-refractivity contribution in [3.63, 3.8) is 0 Å². The number of aromatic nitrogens is 4. The highest BCUT2D eigenvalue weighted by Gasteiger charge is 2.12. The summed E-state index contributed by atoms with van der Waals surface area (Å²) < 4.78 is 3.87. The van der Waals surface area contributed by atoms with Gasteiger partial charge >= 0.3 is 0 Å². The summed E-state index contributed by atoms with van der Waals surface area (Å²) in [5.74, 6) is 0.666. The standard InChI is InChI=1S/C15H25N5/c1-11(2)8-16-9-15-12(3)17-20(13(15)4)10-14-6-7-19(5)18-14/h6-7,11,16H,8-10H2,1-5H3. The van der Waals surface area contributed by atoms with Gasteiger partial charge in [0.2, 0.25) is 0 Å². The zero-order valence-electron chi connectivity index (χ0n) is 13.1. The average Bonchev–Trinajstić information content (AvgIpc) is 2.88.